The Morgan fingerprint density at radius 3 is 2.84 bits per heavy atom. The second kappa shape index (κ2) is 8.03. The van der Waals surface area contributed by atoms with Crippen molar-refractivity contribution in [2.45, 2.75) is 58.0 Å². The molecule has 0 aliphatic heterocycles. The van der Waals surface area contributed by atoms with E-state index in [1.807, 2.05) is 11.3 Å². The van der Waals surface area contributed by atoms with Crippen LogP contribution in [0.5, 0.6) is 0 Å². The van der Waals surface area contributed by atoms with Crippen LogP contribution < -0.4 is 5.73 Å². The molecule has 1 atom stereocenters. The molecule has 0 amide bonds. The minimum atomic E-state index is 0.841. The molecule has 1 aromatic rings. The predicted molar refractivity (Wildman–Crippen MR) is 84.4 cm³/mol. The van der Waals surface area contributed by atoms with Gasteiger partial charge >= 0.3 is 0 Å². The second-order valence-electron chi connectivity index (χ2n) is 5.77. The fourth-order valence-electron chi connectivity index (χ4n) is 2.80. The summed E-state index contributed by atoms with van der Waals surface area (Å²) in [5, 5.41) is 2.19. The Bertz CT molecular complexity index is 333. The fourth-order valence-corrected chi connectivity index (χ4v) is 3.53. The lowest BCUT2D eigenvalue weighted by Gasteiger charge is -2.22. The third kappa shape index (κ3) is 5.25. The van der Waals surface area contributed by atoms with E-state index >= 15 is 0 Å². The van der Waals surface area contributed by atoms with E-state index in [-0.39, 0.29) is 0 Å². The number of hydrogen-bond donors (Lipinski definition) is 1. The normalized spacial score (nSPS) is 17.0. The molecule has 1 aromatic heterocycles. The van der Waals surface area contributed by atoms with Crippen LogP contribution in [0.25, 0.3) is 0 Å². The molecular formula is C16H28N2S. The van der Waals surface area contributed by atoms with Gasteiger partial charge in [0.15, 0.2) is 0 Å². The molecule has 0 bridgehead atoms. The summed E-state index contributed by atoms with van der Waals surface area (Å²) in [6, 6.07) is 5.31. The van der Waals surface area contributed by atoms with Gasteiger partial charge < -0.3 is 5.73 Å². The molecule has 1 aliphatic carbocycles. The maximum Gasteiger partial charge on any atom is 0.0330 e. The van der Waals surface area contributed by atoms with Gasteiger partial charge in [0.05, 0.1) is 0 Å². The van der Waals surface area contributed by atoms with Crippen molar-refractivity contribution in [3.05, 3.63) is 22.4 Å². The van der Waals surface area contributed by atoms with Crippen molar-refractivity contribution >= 4 is 11.3 Å². The van der Waals surface area contributed by atoms with E-state index in [0.29, 0.717) is 0 Å². The van der Waals surface area contributed by atoms with E-state index in [1.54, 1.807) is 0 Å². The molecule has 3 heteroatoms. The lowest BCUT2D eigenvalue weighted by Crippen LogP contribution is -2.26. The third-order valence-corrected chi connectivity index (χ3v) is 5.07. The van der Waals surface area contributed by atoms with Gasteiger partial charge in [-0.2, -0.15) is 0 Å². The highest BCUT2D eigenvalue weighted by Crippen LogP contribution is 2.29. The van der Waals surface area contributed by atoms with Crippen LogP contribution in [0.2, 0.25) is 0 Å². The first-order valence-corrected chi connectivity index (χ1v) is 8.68. The average Bonchev–Trinajstić information content (AvgIpc) is 3.14. The van der Waals surface area contributed by atoms with E-state index in [0.717, 1.165) is 25.0 Å². The number of nitrogens with zero attached hydrogens (tertiary/aromatic N) is 1. The zero-order chi connectivity index (χ0) is 13.5. The summed E-state index contributed by atoms with van der Waals surface area (Å²) in [4.78, 5) is 4.21. The van der Waals surface area contributed by atoms with Crippen molar-refractivity contribution in [3.63, 3.8) is 0 Å². The Hall–Kier alpha value is -0.380. The zero-order valence-corrected chi connectivity index (χ0v) is 13.0. The van der Waals surface area contributed by atoms with Crippen molar-refractivity contribution < 1.29 is 0 Å². The van der Waals surface area contributed by atoms with Gasteiger partial charge in [-0.1, -0.05) is 19.4 Å². The van der Waals surface area contributed by atoms with Crippen molar-refractivity contribution in [1.29, 1.82) is 0 Å². The van der Waals surface area contributed by atoms with Crippen LogP contribution in [-0.2, 0) is 6.54 Å². The molecule has 0 saturated heterocycles. The maximum absolute atomic E-state index is 5.68. The molecule has 1 saturated carbocycles. The highest BCUT2D eigenvalue weighted by atomic mass is 32.1. The largest absolute Gasteiger partial charge is 0.330 e. The molecule has 2 N–H and O–H groups in total. The van der Waals surface area contributed by atoms with Gasteiger partial charge in [-0.05, 0) is 62.6 Å². The first kappa shape index (κ1) is 15.0. The Morgan fingerprint density at radius 1 is 1.42 bits per heavy atom. The molecule has 0 radical (unpaired) electrons. The highest BCUT2D eigenvalue weighted by Gasteiger charge is 2.28. The first-order chi connectivity index (χ1) is 9.33. The summed E-state index contributed by atoms with van der Waals surface area (Å²) >= 11 is 1.89. The lowest BCUT2D eigenvalue weighted by molar-refractivity contribution is 0.242. The number of nitrogens with two attached hydrogens (primary N) is 1. The second-order valence-corrected chi connectivity index (χ2v) is 6.81. The topological polar surface area (TPSA) is 29.3 Å². The van der Waals surface area contributed by atoms with Crippen molar-refractivity contribution in [2.24, 2.45) is 11.7 Å². The smallest absolute Gasteiger partial charge is 0.0330 e. The molecule has 19 heavy (non-hydrogen) atoms. The van der Waals surface area contributed by atoms with Crippen LogP contribution in [0.3, 0.4) is 0 Å². The SMILES string of the molecule is CCC(CCN)CCCN(Cc1cccs1)C1CC1. The summed E-state index contributed by atoms with van der Waals surface area (Å²) < 4.78 is 0. The van der Waals surface area contributed by atoms with E-state index < -0.39 is 0 Å². The summed E-state index contributed by atoms with van der Waals surface area (Å²) in [6.07, 6.45) is 7.98. The van der Waals surface area contributed by atoms with Crippen molar-refractivity contribution in [1.82, 2.24) is 4.90 Å². The van der Waals surface area contributed by atoms with Gasteiger partial charge in [-0.3, -0.25) is 4.90 Å². The minimum absolute atomic E-state index is 0.841. The molecule has 2 nitrogen and oxygen atoms in total. The number of hydrogen-bond acceptors (Lipinski definition) is 3. The molecule has 1 fully saturated rings. The molecule has 108 valence electrons. The van der Waals surface area contributed by atoms with Crippen LogP contribution in [0.4, 0.5) is 0 Å². The van der Waals surface area contributed by atoms with Gasteiger partial charge in [0.2, 0.25) is 0 Å². The molecule has 2 rings (SSSR count). The molecule has 1 heterocycles. The van der Waals surface area contributed by atoms with E-state index in [1.165, 1.54) is 49.9 Å². The summed E-state index contributed by atoms with van der Waals surface area (Å²) in [6.45, 7) is 5.57. The summed E-state index contributed by atoms with van der Waals surface area (Å²) in [5.74, 6) is 0.841. The molecule has 0 aromatic carbocycles. The standard InChI is InChI=1S/C16H28N2S/c1-2-14(9-10-17)5-3-11-18(15-7-8-15)13-16-6-4-12-19-16/h4,6,12,14-15H,2-3,5,7-11,13,17H2,1H3. The molecule has 1 aliphatic rings. The molecule has 1 unspecified atom stereocenters. The van der Waals surface area contributed by atoms with Crippen molar-refractivity contribution in [3.8, 4) is 0 Å². The first-order valence-electron chi connectivity index (χ1n) is 7.80. The minimum Gasteiger partial charge on any atom is -0.330 e. The van der Waals surface area contributed by atoms with Crippen LogP contribution in [0, 0.1) is 5.92 Å². The van der Waals surface area contributed by atoms with Crippen LogP contribution in [-0.4, -0.2) is 24.0 Å². The Kier molecular flexibility index (Phi) is 6.35. The fraction of sp³-hybridized carbons (Fsp3) is 0.750. The summed E-state index contributed by atoms with van der Waals surface area (Å²) in [5.41, 5.74) is 5.68. The molecular weight excluding hydrogens is 252 g/mol. The third-order valence-electron chi connectivity index (χ3n) is 4.21. The molecule has 0 spiro atoms. The quantitative estimate of drug-likeness (QED) is 0.705. The Labute approximate surface area is 122 Å². The van der Waals surface area contributed by atoms with Crippen LogP contribution >= 0.6 is 11.3 Å². The Balaban J connectivity index is 1.71. The average molecular weight is 280 g/mol. The van der Waals surface area contributed by atoms with Gasteiger partial charge in [-0.15, -0.1) is 11.3 Å². The lowest BCUT2D eigenvalue weighted by atomic mass is 9.96. The highest BCUT2D eigenvalue weighted by molar-refractivity contribution is 7.09. The van der Waals surface area contributed by atoms with E-state index in [2.05, 4.69) is 29.3 Å². The van der Waals surface area contributed by atoms with Gasteiger partial charge in [-0.25, -0.2) is 0 Å². The van der Waals surface area contributed by atoms with Gasteiger partial charge in [0.1, 0.15) is 0 Å². The van der Waals surface area contributed by atoms with Gasteiger partial charge in [0.25, 0.3) is 0 Å². The van der Waals surface area contributed by atoms with Crippen LogP contribution in [0.1, 0.15) is 50.3 Å². The zero-order valence-electron chi connectivity index (χ0n) is 12.2. The van der Waals surface area contributed by atoms with E-state index in [9.17, 15) is 0 Å². The monoisotopic (exact) mass is 280 g/mol. The maximum atomic E-state index is 5.68. The van der Waals surface area contributed by atoms with Crippen molar-refractivity contribution in [2.75, 3.05) is 13.1 Å². The predicted octanol–water partition coefficient (Wildman–Crippen LogP) is 3.87. The summed E-state index contributed by atoms with van der Waals surface area (Å²) in [7, 11) is 0. The number of thiophene rings is 1. The Morgan fingerprint density at radius 2 is 2.26 bits per heavy atom. The van der Waals surface area contributed by atoms with E-state index in [4.69, 9.17) is 5.73 Å². The van der Waals surface area contributed by atoms with Gasteiger partial charge in [0, 0.05) is 17.5 Å². The number of rotatable bonds is 10. The van der Waals surface area contributed by atoms with Crippen LogP contribution in [0.15, 0.2) is 17.5 Å².